The highest BCUT2D eigenvalue weighted by Gasteiger charge is 2.23. The quantitative estimate of drug-likeness (QED) is 0.175. The number of carbonyl (C=O) groups is 1. The smallest absolute Gasteiger partial charge is 0.250 e. The number of nitrogens with zero attached hydrogens (tertiary/aromatic N) is 3. The third kappa shape index (κ3) is 4.49. The summed E-state index contributed by atoms with van der Waals surface area (Å²) in [6, 6.07) is 30.7. The van der Waals surface area contributed by atoms with Gasteiger partial charge < -0.3 is 25.5 Å². The lowest BCUT2D eigenvalue weighted by Gasteiger charge is -2.38. The number of likely N-dealkylation sites (tertiary alicyclic amines) is 1. The van der Waals surface area contributed by atoms with Crippen molar-refractivity contribution in [3.63, 3.8) is 0 Å². The fraction of sp³-hybridized carbons (Fsp3) is 0.176. The first-order valence-corrected chi connectivity index (χ1v) is 14.1. The highest BCUT2D eigenvalue weighted by Crippen LogP contribution is 2.39. The number of quaternary nitrogens is 1. The first kappa shape index (κ1) is 25.3. The zero-order chi connectivity index (χ0) is 28.0. The lowest BCUT2D eigenvalue weighted by Crippen LogP contribution is -2.42. The van der Waals surface area contributed by atoms with E-state index in [9.17, 15) is 10.0 Å². The van der Waals surface area contributed by atoms with Gasteiger partial charge in [0.15, 0.2) is 0 Å². The van der Waals surface area contributed by atoms with Crippen molar-refractivity contribution in [1.29, 1.82) is 0 Å². The van der Waals surface area contributed by atoms with Crippen LogP contribution in [0.3, 0.4) is 0 Å². The van der Waals surface area contributed by atoms with E-state index in [1.165, 1.54) is 0 Å². The Bertz CT molecular complexity index is 1940. The summed E-state index contributed by atoms with van der Waals surface area (Å²) in [5.41, 5.74) is 13.0. The van der Waals surface area contributed by atoms with Crippen molar-refractivity contribution in [3.05, 3.63) is 108 Å². The standard InChI is InChI=1S/C34H31N5O2/c35-34(40)27-15-14-25(21-30(27)36-16-19-39(41)17-5-6-18-39)38-31-12-4-2-9-28(31)33-26(10-7-13-32(33)38)24-20-23-8-1-3-11-29(23)37-22-24/h1-4,7-15,20-22,36H,5-6,16-19H2,(H2,35,40). The summed E-state index contributed by atoms with van der Waals surface area (Å²) in [7, 11) is 0. The molecule has 0 bridgehead atoms. The van der Waals surface area contributed by atoms with E-state index >= 15 is 0 Å². The minimum Gasteiger partial charge on any atom is -0.633 e. The fourth-order valence-electron chi connectivity index (χ4n) is 6.32. The second-order valence-electron chi connectivity index (χ2n) is 10.9. The summed E-state index contributed by atoms with van der Waals surface area (Å²) < 4.78 is 2.04. The topological polar surface area (TPSA) is 96.0 Å². The largest absolute Gasteiger partial charge is 0.633 e. The van der Waals surface area contributed by atoms with Crippen LogP contribution < -0.4 is 11.1 Å². The van der Waals surface area contributed by atoms with Crippen molar-refractivity contribution in [2.45, 2.75) is 12.8 Å². The van der Waals surface area contributed by atoms with Crippen LogP contribution in [0.5, 0.6) is 0 Å². The molecule has 0 radical (unpaired) electrons. The molecule has 1 aliphatic heterocycles. The second kappa shape index (κ2) is 10.0. The molecule has 1 amide bonds. The van der Waals surface area contributed by atoms with E-state index in [4.69, 9.17) is 10.7 Å². The molecule has 0 spiro atoms. The number of fused-ring (bicyclic) bond motifs is 4. The van der Waals surface area contributed by atoms with Gasteiger partial charge in [0.1, 0.15) is 0 Å². The highest BCUT2D eigenvalue weighted by molar-refractivity contribution is 6.16. The Hall–Kier alpha value is -4.72. The van der Waals surface area contributed by atoms with E-state index in [-0.39, 0.29) is 4.65 Å². The molecular formula is C34H31N5O2. The first-order valence-electron chi connectivity index (χ1n) is 14.1. The van der Waals surface area contributed by atoms with Crippen molar-refractivity contribution >= 4 is 44.3 Å². The molecule has 6 aromatic rings. The number of amides is 1. The summed E-state index contributed by atoms with van der Waals surface area (Å²) in [5.74, 6) is -0.500. The summed E-state index contributed by atoms with van der Waals surface area (Å²) in [6.45, 7) is 2.24. The van der Waals surface area contributed by atoms with Crippen molar-refractivity contribution in [2.75, 3.05) is 31.5 Å². The van der Waals surface area contributed by atoms with E-state index < -0.39 is 5.91 Å². The van der Waals surface area contributed by atoms with Crippen molar-refractivity contribution in [3.8, 4) is 16.8 Å². The normalized spacial score (nSPS) is 14.7. The maximum atomic E-state index is 12.9. The maximum Gasteiger partial charge on any atom is 0.250 e. The van der Waals surface area contributed by atoms with Crippen LogP contribution in [-0.4, -0.2) is 46.3 Å². The highest BCUT2D eigenvalue weighted by atomic mass is 16.5. The van der Waals surface area contributed by atoms with Gasteiger partial charge in [-0.15, -0.1) is 0 Å². The molecule has 7 rings (SSSR count). The van der Waals surface area contributed by atoms with Crippen LogP contribution in [0.1, 0.15) is 23.2 Å². The van der Waals surface area contributed by atoms with E-state index in [0.717, 1.165) is 62.4 Å². The van der Waals surface area contributed by atoms with Crippen LogP contribution in [-0.2, 0) is 0 Å². The summed E-state index contributed by atoms with van der Waals surface area (Å²) in [4.78, 5) is 17.1. The lowest BCUT2D eigenvalue weighted by molar-refractivity contribution is -0.866. The lowest BCUT2D eigenvalue weighted by atomic mass is 9.99. The number of para-hydroxylation sites is 2. The van der Waals surface area contributed by atoms with Crippen molar-refractivity contribution < 1.29 is 9.44 Å². The Labute approximate surface area is 238 Å². The van der Waals surface area contributed by atoms with Gasteiger partial charge in [-0.2, -0.15) is 0 Å². The molecule has 204 valence electrons. The van der Waals surface area contributed by atoms with E-state index in [1.54, 1.807) is 6.07 Å². The summed E-state index contributed by atoms with van der Waals surface area (Å²) >= 11 is 0. The Kier molecular flexibility index (Phi) is 6.18. The number of nitrogens with one attached hydrogen (secondary N) is 1. The number of pyridine rings is 1. The number of anilines is 1. The predicted molar refractivity (Wildman–Crippen MR) is 166 cm³/mol. The third-order valence-electron chi connectivity index (χ3n) is 8.34. The second-order valence-corrected chi connectivity index (χ2v) is 10.9. The van der Waals surface area contributed by atoms with Crippen LogP contribution in [0.4, 0.5) is 5.69 Å². The monoisotopic (exact) mass is 541 g/mol. The zero-order valence-electron chi connectivity index (χ0n) is 22.7. The molecule has 1 saturated heterocycles. The molecule has 3 N–H and O–H groups in total. The van der Waals surface area contributed by atoms with E-state index in [0.29, 0.717) is 37.4 Å². The molecular weight excluding hydrogens is 510 g/mol. The van der Waals surface area contributed by atoms with Crippen molar-refractivity contribution in [1.82, 2.24) is 9.55 Å². The third-order valence-corrected chi connectivity index (χ3v) is 8.34. The molecule has 41 heavy (non-hydrogen) atoms. The number of aromatic nitrogens is 2. The Morgan fingerprint density at radius 3 is 2.56 bits per heavy atom. The molecule has 0 unspecified atom stereocenters. The molecule has 3 heterocycles. The van der Waals surface area contributed by atoms with Gasteiger partial charge in [-0.25, -0.2) is 0 Å². The van der Waals surface area contributed by atoms with Gasteiger partial charge in [0.05, 0.1) is 48.3 Å². The average Bonchev–Trinajstić information content (AvgIpc) is 3.58. The molecule has 0 aliphatic carbocycles. The molecule has 2 aromatic heterocycles. The molecule has 7 heteroatoms. The Morgan fingerprint density at radius 2 is 1.71 bits per heavy atom. The van der Waals surface area contributed by atoms with E-state index in [1.807, 2.05) is 42.6 Å². The minimum absolute atomic E-state index is 0.183. The number of nitrogens with two attached hydrogens (primary N) is 1. The van der Waals surface area contributed by atoms with Crippen LogP contribution in [0, 0.1) is 5.21 Å². The molecule has 0 atom stereocenters. The minimum atomic E-state index is -0.500. The van der Waals surface area contributed by atoms with Crippen LogP contribution in [0.2, 0.25) is 0 Å². The van der Waals surface area contributed by atoms with Gasteiger partial charge in [-0.3, -0.25) is 9.78 Å². The number of rotatable bonds is 7. The number of primary amides is 1. The summed E-state index contributed by atoms with van der Waals surface area (Å²) in [6.07, 6.45) is 3.88. The van der Waals surface area contributed by atoms with Gasteiger partial charge in [-0.05, 0) is 48.0 Å². The van der Waals surface area contributed by atoms with Gasteiger partial charge in [0.2, 0.25) is 0 Å². The Balaban J connectivity index is 1.36. The van der Waals surface area contributed by atoms with Gasteiger partial charge in [0.25, 0.3) is 5.91 Å². The fourth-order valence-corrected chi connectivity index (χ4v) is 6.32. The number of hydrogen-bond acceptors (Lipinski definition) is 4. The average molecular weight is 542 g/mol. The van der Waals surface area contributed by atoms with E-state index in [2.05, 4.69) is 58.4 Å². The molecule has 1 aliphatic rings. The summed E-state index contributed by atoms with van der Waals surface area (Å²) in [5, 5.41) is 19.6. The van der Waals surface area contributed by atoms with Crippen LogP contribution in [0.15, 0.2) is 97.2 Å². The number of benzene rings is 4. The SMILES string of the molecule is NC(=O)c1ccc(-n2c3ccccc3c3c(-c4cnc5ccccc5c4)cccc32)cc1NCC[N+]1([O-])CCCC1. The predicted octanol–water partition coefficient (Wildman–Crippen LogP) is 6.62. The number of hydrogen-bond donors (Lipinski definition) is 2. The molecule has 4 aromatic carbocycles. The Morgan fingerprint density at radius 1 is 0.927 bits per heavy atom. The van der Waals surface area contributed by atoms with Crippen molar-refractivity contribution in [2.24, 2.45) is 5.73 Å². The van der Waals surface area contributed by atoms with Crippen LogP contribution in [0.25, 0.3) is 49.5 Å². The molecule has 1 fully saturated rings. The number of hydroxylamine groups is 3. The first-order chi connectivity index (χ1) is 20.0. The maximum absolute atomic E-state index is 12.9. The van der Waals surface area contributed by atoms with Crippen LogP contribution >= 0.6 is 0 Å². The zero-order valence-corrected chi connectivity index (χ0v) is 22.7. The van der Waals surface area contributed by atoms with Gasteiger partial charge in [0, 0.05) is 52.1 Å². The molecule has 7 nitrogen and oxygen atoms in total. The number of carbonyl (C=O) groups excluding carboxylic acids is 1. The molecule has 0 saturated carbocycles. The van der Waals surface area contributed by atoms with Gasteiger partial charge in [-0.1, -0.05) is 48.5 Å². The van der Waals surface area contributed by atoms with Gasteiger partial charge >= 0.3 is 0 Å².